The Morgan fingerprint density at radius 3 is 2.68 bits per heavy atom. The predicted molar refractivity (Wildman–Crippen MR) is 69.2 cm³/mol. The van der Waals surface area contributed by atoms with Crippen molar-refractivity contribution in [1.29, 1.82) is 0 Å². The van der Waals surface area contributed by atoms with Gasteiger partial charge in [-0.3, -0.25) is 4.79 Å². The Hall–Kier alpha value is -2.32. The van der Waals surface area contributed by atoms with Crippen molar-refractivity contribution < 1.29 is 19.1 Å². The summed E-state index contributed by atoms with van der Waals surface area (Å²) < 4.78 is 10.4. The molecule has 19 heavy (non-hydrogen) atoms. The van der Waals surface area contributed by atoms with Crippen LogP contribution in [0.4, 0.5) is 0 Å². The molecule has 0 unspecified atom stereocenters. The molecule has 1 atom stereocenters. The first-order chi connectivity index (χ1) is 8.98. The molecule has 0 N–H and O–H groups in total. The van der Waals surface area contributed by atoms with Crippen molar-refractivity contribution in [3.8, 4) is 5.75 Å². The second-order valence-corrected chi connectivity index (χ2v) is 4.36. The van der Waals surface area contributed by atoms with Crippen molar-refractivity contribution in [3.63, 3.8) is 0 Å². The fraction of sp³-hybridized carbons (Fsp3) is 0.267. The number of aryl methyl sites for hydroxylation is 1. The molecule has 0 saturated carbocycles. The van der Waals surface area contributed by atoms with Gasteiger partial charge in [0.25, 0.3) is 5.60 Å². The topological polar surface area (TPSA) is 52.6 Å². The van der Waals surface area contributed by atoms with Crippen LogP contribution in [0, 0.1) is 6.92 Å². The molecule has 4 nitrogen and oxygen atoms in total. The van der Waals surface area contributed by atoms with Crippen LogP contribution in [0.25, 0.3) is 0 Å². The molecular weight excluding hydrogens is 244 g/mol. The lowest BCUT2D eigenvalue weighted by Crippen LogP contribution is -2.50. The van der Waals surface area contributed by atoms with Crippen LogP contribution in [0.2, 0.25) is 0 Å². The second kappa shape index (κ2) is 4.41. The number of ketones is 1. The number of hydrogen-bond acceptors (Lipinski definition) is 4. The molecule has 0 fully saturated rings. The fourth-order valence-electron chi connectivity index (χ4n) is 2.16. The lowest BCUT2D eigenvalue weighted by molar-refractivity contribution is -0.151. The van der Waals surface area contributed by atoms with Crippen LogP contribution in [0.15, 0.2) is 36.1 Å². The number of para-hydroxylation sites is 1. The van der Waals surface area contributed by atoms with E-state index in [1.165, 1.54) is 7.11 Å². The molecule has 0 bridgehead atoms. The Labute approximate surface area is 111 Å². The van der Waals surface area contributed by atoms with Crippen LogP contribution in [-0.2, 0) is 9.53 Å². The number of fused-ring (bicyclic) bond motifs is 1. The van der Waals surface area contributed by atoms with E-state index in [4.69, 9.17) is 9.47 Å². The van der Waals surface area contributed by atoms with Crippen molar-refractivity contribution in [1.82, 2.24) is 0 Å². The molecule has 0 amide bonds. The van der Waals surface area contributed by atoms with E-state index in [0.717, 1.165) is 5.56 Å². The van der Waals surface area contributed by atoms with Gasteiger partial charge in [0, 0.05) is 5.57 Å². The maximum Gasteiger partial charge on any atom is 0.363 e. The summed E-state index contributed by atoms with van der Waals surface area (Å²) in [5.41, 5.74) is 2.23. The normalized spacial score (nSPS) is 20.3. The first kappa shape index (κ1) is 13.1. The summed E-state index contributed by atoms with van der Waals surface area (Å²) >= 11 is 0. The van der Waals surface area contributed by atoms with Crippen molar-refractivity contribution in [2.24, 2.45) is 0 Å². The second-order valence-electron chi connectivity index (χ2n) is 4.36. The molecule has 0 radical (unpaired) electrons. The van der Waals surface area contributed by atoms with Crippen LogP contribution in [0.1, 0.15) is 22.8 Å². The van der Waals surface area contributed by atoms with E-state index in [0.29, 0.717) is 16.9 Å². The Morgan fingerprint density at radius 2 is 2.16 bits per heavy atom. The minimum atomic E-state index is -1.79. The fourth-order valence-corrected chi connectivity index (χ4v) is 2.16. The molecule has 1 aromatic carbocycles. The third-order valence-corrected chi connectivity index (χ3v) is 3.30. The Bertz CT molecular complexity index is 623. The zero-order valence-corrected chi connectivity index (χ0v) is 11.1. The highest BCUT2D eigenvalue weighted by Gasteiger charge is 2.57. The molecule has 4 heteroatoms. The molecule has 2 rings (SSSR count). The first-order valence-corrected chi connectivity index (χ1v) is 5.78. The Kier molecular flexibility index (Phi) is 3.05. The molecule has 1 aliphatic heterocycles. The van der Waals surface area contributed by atoms with E-state index in [1.807, 2.05) is 13.0 Å². The van der Waals surface area contributed by atoms with Gasteiger partial charge in [0.2, 0.25) is 5.78 Å². The summed E-state index contributed by atoms with van der Waals surface area (Å²) in [4.78, 5) is 24.6. The monoisotopic (exact) mass is 258 g/mol. The average Bonchev–Trinajstić information content (AvgIpc) is 2.73. The summed E-state index contributed by atoms with van der Waals surface area (Å²) in [5.74, 6) is -0.791. The van der Waals surface area contributed by atoms with Crippen molar-refractivity contribution in [2.75, 3.05) is 7.11 Å². The number of ether oxygens (including phenoxy) is 2. The van der Waals surface area contributed by atoms with Gasteiger partial charge in [0.15, 0.2) is 0 Å². The molecular formula is C15H14O4. The van der Waals surface area contributed by atoms with Crippen LogP contribution in [0.5, 0.6) is 5.75 Å². The van der Waals surface area contributed by atoms with E-state index in [9.17, 15) is 9.59 Å². The Balaban J connectivity index is 2.70. The maximum atomic E-state index is 12.6. The quantitative estimate of drug-likeness (QED) is 0.463. The van der Waals surface area contributed by atoms with E-state index in [-0.39, 0.29) is 0 Å². The SMILES string of the molecule is C=C=C(C)[C@]1(C(=O)OC)Oc2c(C)cccc2C1=O. The standard InChI is InChI=1S/C15H14O4/c1-5-10(3)15(14(17)18-4)13(16)11-8-6-7-9(2)12(11)19-15/h6-8H,1H2,2-4H3/t15-/m0/s1. The van der Waals surface area contributed by atoms with Gasteiger partial charge in [-0.25, -0.2) is 4.79 Å². The Morgan fingerprint density at radius 1 is 1.47 bits per heavy atom. The zero-order chi connectivity index (χ0) is 14.2. The first-order valence-electron chi connectivity index (χ1n) is 5.78. The zero-order valence-electron chi connectivity index (χ0n) is 11.1. The molecule has 98 valence electrons. The van der Waals surface area contributed by atoms with Crippen molar-refractivity contribution >= 4 is 11.8 Å². The third kappa shape index (κ3) is 1.61. The molecule has 0 spiro atoms. The average molecular weight is 258 g/mol. The molecule has 0 aromatic heterocycles. The van der Waals surface area contributed by atoms with Gasteiger partial charge >= 0.3 is 5.97 Å². The van der Waals surface area contributed by atoms with Crippen LogP contribution in [0.3, 0.4) is 0 Å². The van der Waals surface area contributed by atoms with Gasteiger partial charge in [-0.15, -0.1) is 5.73 Å². The highest BCUT2D eigenvalue weighted by atomic mass is 16.6. The molecule has 1 aliphatic rings. The van der Waals surface area contributed by atoms with Crippen molar-refractivity contribution in [3.05, 3.63) is 47.2 Å². The number of Topliss-reactive ketones (excluding diaryl/α,β-unsaturated/α-hetero) is 1. The molecule has 1 heterocycles. The van der Waals surface area contributed by atoms with Gasteiger partial charge in [-0.05, 0) is 25.5 Å². The summed E-state index contributed by atoms with van der Waals surface area (Å²) in [6.45, 7) is 6.87. The number of benzene rings is 1. The van der Waals surface area contributed by atoms with E-state index >= 15 is 0 Å². The van der Waals surface area contributed by atoms with Gasteiger partial charge in [-0.2, -0.15) is 0 Å². The predicted octanol–water partition coefficient (Wildman–Crippen LogP) is 2.21. The number of carbonyl (C=O) groups excluding carboxylic acids is 2. The highest BCUT2D eigenvalue weighted by molar-refractivity contribution is 6.21. The number of carbonyl (C=O) groups is 2. The lowest BCUT2D eigenvalue weighted by atomic mass is 9.88. The van der Waals surface area contributed by atoms with Gasteiger partial charge in [0.1, 0.15) is 5.75 Å². The molecule has 0 aliphatic carbocycles. The third-order valence-electron chi connectivity index (χ3n) is 3.30. The number of hydrogen-bond donors (Lipinski definition) is 0. The lowest BCUT2D eigenvalue weighted by Gasteiger charge is -2.24. The van der Waals surface area contributed by atoms with Gasteiger partial charge in [-0.1, -0.05) is 18.7 Å². The maximum absolute atomic E-state index is 12.6. The highest BCUT2D eigenvalue weighted by Crippen LogP contribution is 2.41. The minimum absolute atomic E-state index is 0.292. The smallest absolute Gasteiger partial charge is 0.363 e. The number of rotatable bonds is 2. The summed E-state index contributed by atoms with van der Waals surface area (Å²) in [7, 11) is 1.22. The van der Waals surface area contributed by atoms with E-state index < -0.39 is 17.4 Å². The van der Waals surface area contributed by atoms with Crippen LogP contribution >= 0.6 is 0 Å². The minimum Gasteiger partial charge on any atom is -0.465 e. The van der Waals surface area contributed by atoms with Crippen LogP contribution in [-0.4, -0.2) is 24.5 Å². The van der Waals surface area contributed by atoms with E-state index in [1.54, 1.807) is 19.1 Å². The van der Waals surface area contributed by atoms with Gasteiger partial charge < -0.3 is 9.47 Å². The summed E-state index contributed by atoms with van der Waals surface area (Å²) in [5, 5.41) is 0. The van der Waals surface area contributed by atoms with Gasteiger partial charge in [0.05, 0.1) is 12.7 Å². The number of methoxy groups -OCH3 is 1. The summed E-state index contributed by atoms with van der Waals surface area (Å²) in [6.07, 6.45) is 0. The van der Waals surface area contributed by atoms with Crippen molar-refractivity contribution in [2.45, 2.75) is 19.4 Å². The van der Waals surface area contributed by atoms with E-state index in [2.05, 4.69) is 12.3 Å². The number of esters is 1. The molecule has 1 aromatic rings. The largest absolute Gasteiger partial charge is 0.465 e. The molecule has 0 saturated heterocycles. The summed E-state index contributed by atoms with van der Waals surface area (Å²) in [6, 6.07) is 5.19. The van der Waals surface area contributed by atoms with Crippen LogP contribution < -0.4 is 4.74 Å².